The van der Waals surface area contributed by atoms with Gasteiger partial charge in [0.1, 0.15) is 5.58 Å². The lowest BCUT2D eigenvalue weighted by Gasteiger charge is -2.09. The lowest BCUT2D eigenvalue weighted by molar-refractivity contribution is 0.666. The molecule has 0 N–H and O–H groups in total. The first-order valence-corrected chi connectivity index (χ1v) is 16.7. The lowest BCUT2D eigenvalue weighted by Crippen LogP contribution is -2.00. The lowest BCUT2D eigenvalue weighted by atomic mass is 10.0. The summed E-state index contributed by atoms with van der Waals surface area (Å²) in [4.78, 5) is 14.8. The average molecular weight is 641 g/mol. The molecule has 0 bridgehead atoms. The van der Waals surface area contributed by atoms with Crippen LogP contribution in [0.1, 0.15) is 0 Å². The van der Waals surface area contributed by atoms with E-state index in [1.165, 1.54) is 21.9 Å². The number of fused-ring (bicyclic) bond motifs is 6. The maximum absolute atomic E-state index is 6.82. The van der Waals surface area contributed by atoms with Gasteiger partial charge in [0.2, 0.25) is 0 Å². The minimum Gasteiger partial charge on any atom is -0.454 e. The molecule has 0 spiro atoms. The van der Waals surface area contributed by atoms with Gasteiger partial charge in [0.15, 0.2) is 23.1 Å². The molecule has 0 radical (unpaired) electrons. The molecule has 50 heavy (non-hydrogen) atoms. The minimum atomic E-state index is 0.594. The second-order valence-electron chi connectivity index (χ2n) is 12.5. The van der Waals surface area contributed by atoms with Crippen LogP contribution in [0.3, 0.4) is 0 Å². The zero-order valence-electron chi connectivity index (χ0n) is 26.9. The van der Waals surface area contributed by atoms with Gasteiger partial charge < -0.3 is 8.98 Å². The van der Waals surface area contributed by atoms with Crippen molar-refractivity contribution in [3.63, 3.8) is 0 Å². The van der Waals surface area contributed by atoms with Crippen molar-refractivity contribution in [2.45, 2.75) is 0 Å². The van der Waals surface area contributed by atoms with Gasteiger partial charge in [-0.05, 0) is 41.5 Å². The molecule has 0 atom stereocenters. The quantitative estimate of drug-likeness (QED) is 0.188. The summed E-state index contributed by atoms with van der Waals surface area (Å²) < 4.78 is 9.16. The smallest absolute Gasteiger partial charge is 0.164 e. The fourth-order valence-electron chi connectivity index (χ4n) is 7.08. The fraction of sp³-hybridized carbons (Fsp3) is 0. The summed E-state index contributed by atoms with van der Waals surface area (Å²) in [7, 11) is 0. The largest absolute Gasteiger partial charge is 0.454 e. The molecule has 0 aliphatic heterocycles. The zero-order valence-corrected chi connectivity index (χ0v) is 26.9. The first-order chi connectivity index (χ1) is 24.8. The molecule has 0 amide bonds. The molecule has 3 heterocycles. The third kappa shape index (κ3) is 4.60. The number of hydrogen-bond donors (Lipinski definition) is 0. The van der Waals surface area contributed by atoms with Crippen molar-refractivity contribution in [2.75, 3.05) is 0 Å². The van der Waals surface area contributed by atoms with Gasteiger partial charge in [-0.2, -0.15) is 0 Å². The summed E-state index contributed by atoms with van der Waals surface area (Å²) in [5, 5.41) is 4.50. The van der Waals surface area contributed by atoms with Crippen LogP contribution in [0, 0.1) is 0 Å². The number of benzene rings is 7. The van der Waals surface area contributed by atoms with Gasteiger partial charge in [0.05, 0.1) is 16.7 Å². The molecule has 0 unspecified atom stereocenters. The van der Waals surface area contributed by atoms with Gasteiger partial charge in [0.25, 0.3) is 0 Å². The molecule has 10 aromatic rings. The van der Waals surface area contributed by atoms with E-state index in [-0.39, 0.29) is 0 Å². The van der Waals surface area contributed by atoms with Crippen molar-refractivity contribution < 1.29 is 4.42 Å². The van der Waals surface area contributed by atoms with Crippen molar-refractivity contribution in [1.29, 1.82) is 0 Å². The van der Waals surface area contributed by atoms with Crippen LogP contribution in [0.2, 0.25) is 0 Å². The van der Waals surface area contributed by atoms with Crippen molar-refractivity contribution in [1.82, 2.24) is 19.5 Å². The Balaban J connectivity index is 1.17. The first-order valence-electron chi connectivity index (χ1n) is 16.7. The highest BCUT2D eigenvalue weighted by atomic mass is 16.3. The molecule has 0 aliphatic carbocycles. The maximum Gasteiger partial charge on any atom is 0.164 e. The highest BCUT2D eigenvalue weighted by Crippen LogP contribution is 2.40. The normalized spacial score (nSPS) is 11.6. The van der Waals surface area contributed by atoms with E-state index in [1.54, 1.807) is 0 Å². The van der Waals surface area contributed by atoms with Gasteiger partial charge in [-0.3, -0.25) is 0 Å². The van der Waals surface area contributed by atoms with Gasteiger partial charge in [-0.25, -0.2) is 15.0 Å². The molecular formula is C45H28N4O. The SMILES string of the molecule is c1ccc(-c2ccc3c4ccccc4n(-c4cccc5c4oc4cc(-c6nc(-c7ccccc7)nc(-c7ccccc7)n6)ccc45)c3c2)cc1. The molecule has 0 aliphatic rings. The van der Waals surface area contributed by atoms with E-state index < -0.39 is 0 Å². The number of para-hydroxylation sites is 2. The van der Waals surface area contributed by atoms with E-state index in [1.807, 2.05) is 60.7 Å². The van der Waals surface area contributed by atoms with Gasteiger partial charge in [-0.1, -0.05) is 140 Å². The van der Waals surface area contributed by atoms with E-state index >= 15 is 0 Å². The van der Waals surface area contributed by atoms with E-state index in [2.05, 4.69) is 114 Å². The second kappa shape index (κ2) is 11.4. The summed E-state index contributed by atoms with van der Waals surface area (Å²) in [6.45, 7) is 0. The monoisotopic (exact) mass is 640 g/mol. The van der Waals surface area contributed by atoms with Gasteiger partial charge >= 0.3 is 0 Å². The molecule has 0 fully saturated rings. The van der Waals surface area contributed by atoms with Crippen LogP contribution in [0.4, 0.5) is 0 Å². The Hall–Kier alpha value is -6.85. The average Bonchev–Trinajstić information content (AvgIpc) is 3.74. The van der Waals surface area contributed by atoms with Gasteiger partial charge in [-0.15, -0.1) is 0 Å². The van der Waals surface area contributed by atoms with Crippen LogP contribution in [0.25, 0.3) is 94.7 Å². The third-order valence-electron chi connectivity index (χ3n) is 9.46. The van der Waals surface area contributed by atoms with Crippen molar-refractivity contribution in [3.05, 3.63) is 170 Å². The molecule has 234 valence electrons. The Kier molecular flexibility index (Phi) is 6.42. The molecule has 0 saturated carbocycles. The third-order valence-corrected chi connectivity index (χ3v) is 9.46. The number of aromatic nitrogens is 4. The standard InChI is InChI=1S/C45H28N4O/c1-4-13-29(14-5-1)32-23-25-35-34-19-10-11-21-38(34)49(40(35)27-32)39-22-12-20-37-36-26-24-33(28-41(36)50-42(37)39)45-47-43(30-15-6-2-7-16-30)46-44(48-45)31-17-8-3-9-18-31/h1-28H. The van der Waals surface area contributed by atoms with Crippen molar-refractivity contribution in [3.8, 4) is 51.0 Å². The predicted molar refractivity (Wildman–Crippen MR) is 203 cm³/mol. The summed E-state index contributed by atoms with van der Waals surface area (Å²) in [5.74, 6) is 1.85. The molecular weight excluding hydrogens is 613 g/mol. The predicted octanol–water partition coefficient (Wildman–Crippen LogP) is 11.5. The number of furan rings is 1. The Labute approximate surface area is 287 Å². The van der Waals surface area contributed by atoms with E-state index in [0.717, 1.165) is 55.3 Å². The Morgan fingerprint density at radius 1 is 0.360 bits per heavy atom. The van der Waals surface area contributed by atoms with Gasteiger partial charge in [0, 0.05) is 38.2 Å². The fourth-order valence-corrected chi connectivity index (χ4v) is 7.08. The van der Waals surface area contributed by atoms with Crippen LogP contribution in [0.5, 0.6) is 0 Å². The van der Waals surface area contributed by atoms with E-state index in [0.29, 0.717) is 17.5 Å². The summed E-state index contributed by atoms with van der Waals surface area (Å²) in [5.41, 5.74) is 9.96. The Morgan fingerprint density at radius 3 is 1.60 bits per heavy atom. The summed E-state index contributed by atoms with van der Waals surface area (Å²) >= 11 is 0. The van der Waals surface area contributed by atoms with Crippen LogP contribution in [-0.4, -0.2) is 19.5 Å². The molecule has 3 aromatic heterocycles. The number of hydrogen-bond acceptors (Lipinski definition) is 4. The molecule has 5 heteroatoms. The molecule has 5 nitrogen and oxygen atoms in total. The van der Waals surface area contributed by atoms with E-state index in [4.69, 9.17) is 19.4 Å². The first kappa shape index (κ1) is 28.2. The number of nitrogens with zero attached hydrogens (tertiary/aromatic N) is 4. The van der Waals surface area contributed by atoms with E-state index in [9.17, 15) is 0 Å². The van der Waals surface area contributed by atoms with Crippen LogP contribution >= 0.6 is 0 Å². The highest BCUT2D eigenvalue weighted by Gasteiger charge is 2.19. The second-order valence-corrected chi connectivity index (χ2v) is 12.5. The topological polar surface area (TPSA) is 56.7 Å². The Morgan fingerprint density at radius 2 is 0.900 bits per heavy atom. The maximum atomic E-state index is 6.82. The van der Waals surface area contributed by atoms with Crippen LogP contribution < -0.4 is 0 Å². The molecule has 10 rings (SSSR count). The highest BCUT2D eigenvalue weighted by molar-refractivity contribution is 6.13. The Bertz CT molecular complexity index is 2800. The van der Waals surface area contributed by atoms with Crippen molar-refractivity contribution >= 4 is 43.7 Å². The molecule has 7 aromatic carbocycles. The summed E-state index contributed by atoms with van der Waals surface area (Å²) in [6, 6.07) is 58.6. The van der Waals surface area contributed by atoms with Crippen LogP contribution in [0.15, 0.2) is 174 Å². The number of rotatable bonds is 5. The molecule has 0 saturated heterocycles. The summed E-state index contributed by atoms with van der Waals surface area (Å²) in [6.07, 6.45) is 0. The minimum absolute atomic E-state index is 0.594. The van der Waals surface area contributed by atoms with Crippen LogP contribution in [-0.2, 0) is 0 Å². The van der Waals surface area contributed by atoms with Crippen molar-refractivity contribution in [2.24, 2.45) is 0 Å². The zero-order chi connectivity index (χ0) is 33.0.